The number of pyridine rings is 1. The van der Waals surface area contributed by atoms with E-state index >= 15 is 0 Å². The highest BCUT2D eigenvalue weighted by atomic mass is 35.5. The van der Waals surface area contributed by atoms with E-state index in [2.05, 4.69) is 10.1 Å². The molecule has 1 aliphatic rings. The lowest BCUT2D eigenvalue weighted by molar-refractivity contribution is 0.340. The summed E-state index contributed by atoms with van der Waals surface area (Å²) in [5.74, 6) is 0.725. The van der Waals surface area contributed by atoms with E-state index in [-0.39, 0.29) is 5.15 Å². The number of hydrazone groups is 1. The Balaban J connectivity index is 1.78. The fourth-order valence-electron chi connectivity index (χ4n) is 3.58. The van der Waals surface area contributed by atoms with E-state index < -0.39 is 16.1 Å². The van der Waals surface area contributed by atoms with Gasteiger partial charge in [0, 0.05) is 17.4 Å². The molecule has 1 aliphatic heterocycles. The summed E-state index contributed by atoms with van der Waals surface area (Å²) in [4.78, 5) is 4.48. The zero-order valence-electron chi connectivity index (χ0n) is 17.0. The van der Waals surface area contributed by atoms with Crippen LogP contribution in [0.3, 0.4) is 0 Å². The number of sulfonamides is 1. The van der Waals surface area contributed by atoms with Gasteiger partial charge in [-0.15, -0.1) is 0 Å². The molecule has 0 radical (unpaired) electrons. The molecule has 2 aromatic carbocycles. The molecule has 0 saturated heterocycles. The quantitative estimate of drug-likeness (QED) is 0.535. The van der Waals surface area contributed by atoms with Crippen molar-refractivity contribution >= 4 is 38.2 Å². The summed E-state index contributed by atoms with van der Waals surface area (Å²) >= 11 is 6.50. The van der Waals surface area contributed by atoms with Crippen LogP contribution in [0.15, 0.2) is 53.6 Å². The lowest BCUT2D eigenvalue weighted by atomic mass is 9.98. The highest BCUT2D eigenvalue weighted by molar-refractivity contribution is 7.88. The molecule has 6 nitrogen and oxygen atoms in total. The summed E-state index contributed by atoms with van der Waals surface area (Å²) < 4.78 is 31.7. The summed E-state index contributed by atoms with van der Waals surface area (Å²) in [6.07, 6.45) is 1.56. The van der Waals surface area contributed by atoms with Gasteiger partial charge in [0.2, 0.25) is 10.0 Å². The Hall–Kier alpha value is -2.64. The molecule has 1 atom stereocenters. The van der Waals surface area contributed by atoms with Gasteiger partial charge < -0.3 is 4.74 Å². The van der Waals surface area contributed by atoms with Crippen molar-refractivity contribution in [3.05, 3.63) is 70.4 Å². The summed E-state index contributed by atoms with van der Waals surface area (Å²) in [6.45, 7) is 4.47. The second kappa shape index (κ2) is 7.89. The van der Waals surface area contributed by atoms with Crippen LogP contribution >= 0.6 is 11.6 Å². The number of hydrogen-bond acceptors (Lipinski definition) is 5. The van der Waals surface area contributed by atoms with Crippen molar-refractivity contribution in [1.29, 1.82) is 0 Å². The molecule has 0 aliphatic carbocycles. The number of aromatic nitrogens is 1. The van der Waals surface area contributed by atoms with Crippen LogP contribution in [0.4, 0.5) is 0 Å². The van der Waals surface area contributed by atoms with Crippen molar-refractivity contribution in [2.24, 2.45) is 5.10 Å². The van der Waals surface area contributed by atoms with Gasteiger partial charge in [0.1, 0.15) is 10.9 Å². The van der Waals surface area contributed by atoms with Gasteiger partial charge in [0.15, 0.2) is 0 Å². The van der Waals surface area contributed by atoms with Crippen molar-refractivity contribution in [2.75, 3.05) is 12.9 Å². The van der Waals surface area contributed by atoms with Gasteiger partial charge in [0.05, 0.1) is 30.1 Å². The molecular weight excluding hydrogens is 422 g/mol. The average molecular weight is 444 g/mol. The highest BCUT2D eigenvalue weighted by Gasteiger charge is 2.36. The van der Waals surface area contributed by atoms with Crippen LogP contribution < -0.4 is 4.74 Å². The number of ether oxygens (including phenoxy) is 1. The third kappa shape index (κ3) is 4.00. The number of nitrogens with zero attached hydrogens (tertiary/aromatic N) is 3. The van der Waals surface area contributed by atoms with Crippen LogP contribution in [-0.4, -0.2) is 36.4 Å². The zero-order chi connectivity index (χ0) is 21.5. The summed E-state index contributed by atoms with van der Waals surface area (Å²) in [5, 5.41) is 5.54. The molecule has 0 N–H and O–H groups in total. The monoisotopic (exact) mass is 443 g/mol. The Bertz CT molecular complexity index is 1240. The first-order chi connectivity index (χ1) is 14.3. The van der Waals surface area contributed by atoms with Crippen LogP contribution in [0.5, 0.6) is 5.75 Å². The number of rotatable bonds is 5. The van der Waals surface area contributed by atoms with Gasteiger partial charge in [-0.25, -0.2) is 13.4 Å². The smallest absolute Gasteiger partial charge is 0.247 e. The third-order valence-electron chi connectivity index (χ3n) is 5.03. The van der Waals surface area contributed by atoms with Crippen molar-refractivity contribution in [1.82, 2.24) is 9.40 Å². The van der Waals surface area contributed by atoms with Crippen LogP contribution in [-0.2, 0) is 10.0 Å². The molecule has 4 rings (SSSR count). The van der Waals surface area contributed by atoms with Gasteiger partial charge in [-0.2, -0.15) is 9.52 Å². The maximum absolute atomic E-state index is 12.5. The fraction of sp³-hybridized carbons (Fsp3) is 0.273. The molecule has 1 aromatic heterocycles. The molecule has 8 heteroatoms. The molecular formula is C22H22ClN3O3S. The topological polar surface area (TPSA) is 71.9 Å². The van der Waals surface area contributed by atoms with E-state index in [1.165, 1.54) is 0 Å². The van der Waals surface area contributed by atoms with Gasteiger partial charge in [-0.3, -0.25) is 0 Å². The van der Waals surface area contributed by atoms with Crippen molar-refractivity contribution in [2.45, 2.75) is 26.3 Å². The largest absolute Gasteiger partial charge is 0.494 e. The molecule has 0 spiro atoms. The lowest BCUT2D eigenvalue weighted by Crippen LogP contribution is -2.26. The van der Waals surface area contributed by atoms with E-state index in [0.29, 0.717) is 24.3 Å². The van der Waals surface area contributed by atoms with Gasteiger partial charge in [-0.1, -0.05) is 41.4 Å². The average Bonchev–Trinajstić information content (AvgIpc) is 3.14. The van der Waals surface area contributed by atoms with Gasteiger partial charge in [0.25, 0.3) is 0 Å². The minimum Gasteiger partial charge on any atom is -0.494 e. The molecule has 3 aromatic rings. The molecule has 0 saturated carbocycles. The molecule has 156 valence electrons. The highest BCUT2D eigenvalue weighted by Crippen LogP contribution is 2.38. The number of halogens is 1. The first-order valence-electron chi connectivity index (χ1n) is 9.63. The Morgan fingerprint density at radius 1 is 1.17 bits per heavy atom. The van der Waals surface area contributed by atoms with Crippen LogP contribution in [0.1, 0.15) is 36.1 Å². The van der Waals surface area contributed by atoms with Crippen LogP contribution in [0.25, 0.3) is 10.9 Å². The predicted molar refractivity (Wildman–Crippen MR) is 120 cm³/mol. The maximum Gasteiger partial charge on any atom is 0.247 e. The zero-order valence-corrected chi connectivity index (χ0v) is 18.5. The minimum atomic E-state index is -3.60. The number of fused-ring (bicyclic) bond motifs is 1. The summed E-state index contributed by atoms with van der Waals surface area (Å²) in [6, 6.07) is 14.7. The van der Waals surface area contributed by atoms with Crippen LogP contribution in [0.2, 0.25) is 5.15 Å². The molecule has 0 amide bonds. The first kappa shape index (κ1) is 20.6. The number of hydrogen-bond donors (Lipinski definition) is 0. The Morgan fingerprint density at radius 3 is 2.57 bits per heavy atom. The normalized spacial score (nSPS) is 16.7. The second-order valence-corrected chi connectivity index (χ2v) is 9.52. The number of aryl methyl sites for hydroxylation is 1. The number of benzene rings is 2. The molecule has 30 heavy (non-hydrogen) atoms. The second-order valence-electron chi connectivity index (χ2n) is 7.32. The van der Waals surface area contributed by atoms with E-state index in [1.54, 1.807) is 0 Å². The molecule has 2 heterocycles. The maximum atomic E-state index is 12.5. The standard InChI is InChI=1S/C22H22ClN3O3S/c1-4-29-17-9-10-19-16(11-17)12-18(22(23)24-19)21-13-20(25-26(21)30(3,27)28)15-7-5-14(2)6-8-15/h5-12,21H,4,13H2,1-3H3. The molecule has 0 bridgehead atoms. The van der Waals surface area contributed by atoms with Gasteiger partial charge >= 0.3 is 0 Å². The lowest BCUT2D eigenvalue weighted by Gasteiger charge is -2.22. The van der Waals surface area contributed by atoms with E-state index in [0.717, 1.165) is 38.4 Å². The van der Waals surface area contributed by atoms with Crippen LogP contribution in [0, 0.1) is 6.92 Å². The van der Waals surface area contributed by atoms with E-state index in [9.17, 15) is 8.42 Å². The van der Waals surface area contributed by atoms with E-state index in [1.807, 2.05) is 62.4 Å². The van der Waals surface area contributed by atoms with Crippen molar-refractivity contribution in [3.63, 3.8) is 0 Å². The SMILES string of the molecule is CCOc1ccc2nc(Cl)c(C3CC(c4ccc(C)cc4)=NN3S(C)(=O)=O)cc2c1. The Labute approximate surface area is 181 Å². The van der Waals surface area contributed by atoms with E-state index in [4.69, 9.17) is 16.3 Å². The third-order valence-corrected chi connectivity index (χ3v) is 6.35. The predicted octanol–water partition coefficient (Wildman–Crippen LogP) is 4.71. The minimum absolute atomic E-state index is 0.269. The van der Waals surface area contributed by atoms with Crippen molar-refractivity contribution in [3.8, 4) is 5.75 Å². The van der Waals surface area contributed by atoms with Crippen molar-refractivity contribution < 1.29 is 13.2 Å². The summed E-state index contributed by atoms with van der Waals surface area (Å²) in [5.41, 5.74) is 4.05. The Kier molecular flexibility index (Phi) is 5.42. The Morgan fingerprint density at radius 2 is 1.90 bits per heavy atom. The molecule has 1 unspecified atom stereocenters. The molecule has 0 fully saturated rings. The fourth-order valence-corrected chi connectivity index (χ4v) is 4.75. The first-order valence-corrected chi connectivity index (χ1v) is 11.9. The van der Waals surface area contributed by atoms with Gasteiger partial charge in [-0.05, 0) is 43.7 Å². The summed E-state index contributed by atoms with van der Waals surface area (Å²) in [7, 11) is -3.60.